The van der Waals surface area contributed by atoms with Crippen molar-refractivity contribution < 1.29 is 19.2 Å². The molecule has 156 valence electrons. The number of hydrogen-bond donors (Lipinski definition) is 3. The lowest BCUT2D eigenvalue weighted by atomic mass is 10.0. The number of carbonyl (C=O) groups excluding carboxylic acids is 1. The first-order valence-corrected chi connectivity index (χ1v) is 10.1. The van der Waals surface area contributed by atoms with Crippen LogP contribution in [0.25, 0.3) is 11.0 Å². The first-order valence-electron chi connectivity index (χ1n) is 9.73. The monoisotopic (exact) mass is 425 g/mol. The molecule has 0 fully saturated rings. The van der Waals surface area contributed by atoms with Crippen LogP contribution in [-0.2, 0) is 6.54 Å². The van der Waals surface area contributed by atoms with Crippen molar-refractivity contribution in [2.45, 2.75) is 20.4 Å². The minimum Gasteiger partial charge on any atom is -0.507 e. The highest BCUT2D eigenvalue weighted by atomic mass is 35.5. The van der Waals surface area contributed by atoms with Crippen LogP contribution in [0.5, 0.6) is 5.75 Å². The van der Waals surface area contributed by atoms with Crippen LogP contribution < -0.4 is 10.2 Å². The summed E-state index contributed by atoms with van der Waals surface area (Å²) in [4.78, 5) is 14.4. The highest BCUT2D eigenvalue weighted by molar-refractivity contribution is 6.31. The van der Waals surface area contributed by atoms with Gasteiger partial charge in [0.05, 0.1) is 24.2 Å². The van der Waals surface area contributed by atoms with E-state index in [-0.39, 0.29) is 11.7 Å². The van der Waals surface area contributed by atoms with E-state index >= 15 is 0 Å². The van der Waals surface area contributed by atoms with Crippen molar-refractivity contribution in [1.82, 2.24) is 0 Å². The second-order valence-electron chi connectivity index (χ2n) is 7.25. The Morgan fingerprint density at radius 1 is 1.20 bits per heavy atom. The summed E-state index contributed by atoms with van der Waals surface area (Å²) in [6.07, 6.45) is 3.65. The molecule has 0 aliphatic heterocycles. The van der Waals surface area contributed by atoms with Gasteiger partial charge in [-0.25, -0.2) is 0 Å². The molecule has 0 radical (unpaired) electrons. The first kappa shape index (κ1) is 21.7. The second-order valence-corrected chi connectivity index (χ2v) is 7.66. The van der Waals surface area contributed by atoms with E-state index < -0.39 is 0 Å². The number of rotatable bonds is 8. The Labute approximate surface area is 181 Å². The quantitative estimate of drug-likeness (QED) is 0.468. The number of phenolic OH excluding ortho intramolecular Hbond substituents is 1. The summed E-state index contributed by atoms with van der Waals surface area (Å²) in [5.41, 5.74) is 3.05. The maximum Gasteiger partial charge on any atom is 0.259 e. The van der Waals surface area contributed by atoms with E-state index in [2.05, 4.69) is 18.5 Å². The molecular weight excluding hydrogens is 400 g/mol. The second kappa shape index (κ2) is 9.20. The van der Waals surface area contributed by atoms with Gasteiger partial charge in [-0.3, -0.25) is 4.79 Å². The molecule has 0 unspecified atom stereocenters. The van der Waals surface area contributed by atoms with Gasteiger partial charge in [0, 0.05) is 16.1 Å². The molecule has 3 N–H and O–H groups in total. The number of quaternary nitrogens is 1. The van der Waals surface area contributed by atoms with E-state index in [1.165, 1.54) is 0 Å². The molecule has 0 saturated heterocycles. The summed E-state index contributed by atoms with van der Waals surface area (Å²) in [6, 6.07) is 8.65. The van der Waals surface area contributed by atoms with E-state index in [0.29, 0.717) is 58.2 Å². The van der Waals surface area contributed by atoms with Gasteiger partial charge in [-0.1, -0.05) is 30.8 Å². The Balaban J connectivity index is 2.08. The van der Waals surface area contributed by atoms with Crippen molar-refractivity contribution in [2.75, 3.05) is 18.4 Å². The van der Waals surface area contributed by atoms with Crippen LogP contribution in [0.2, 0.25) is 5.02 Å². The zero-order valence-corrected chi connectivity index (χ0v) is 18.0. The van der Waals surface area contributed by atoms with Gasteiger partial charge in [0.2, 0.25) is 0 Å². The number of amides is 1. The van der Waals surface area contributed by atoms with Crippen molar-refractivity contribution in [3.63, 3.8) is 0 Å². The smallest absolute Gasteiger partial charge is 0.259 e. The van der Waals surface area contributed by atoms with E-state index in [9.17, 15) is 9.90 Å². The molecule has 6 heteroatoms. The Morgan fingerprint density at radius 2 is 1.90 bits per heavy atom. The molecule has 1 heterocycles. The Bertz CT molecular complexity index is 1110. The van der Waals surface area contributed by atoms with Crippen LogP contribution in [0.15, 0.2) is 60.1 Å². The van der Waals surface area contributed by atoms with Gasteiger partial charge in [0.1, 0.15) is 23.6 Å². The SMILES string of the molecule is C=CC[NH+](CC=C)Cc1c(O)ccc2oc(C)c(C(=O)Nc3cccc(Cl)c3C)c12. The normalized spacial score (nSPS) is 11.1. The van der Waals surface area contributed by atoms with Crippen LogP contribution in [0.1, 0.15) is 27.2 Å². The number of fused-ring (bicyclic) bond motifs is 1. The van der Waals surface area contributed by atoms with E-state index in [1.54, 1.807) is 37.3 Å². The number of carbonyl (C=O) groups is 1. The maximum atomic E-state index is 13.2. The molecule has 0 aliphatic carbocycles. The minimum atomic E-state index is -0.308. The highest BCUT2D eigenvalue weighted by Gasteiger charge is 2.25. The number of furan rings is 1. The highest BCUT2D eigenvalue weighted by Crippen LogP contribution is 2.34. The lowest BCUT2D eigenvalue weighted by molar-refractivity contribution is -0.902. The molecule has 0 bridgehead atoms. The molecule has 3 rings (SSSR count). The Morgan fingerprint density at radius 3 is 2.57 bits per heavy atom. The van der Waals surface area contributed by atoms with Crippen LogP contribution in [-0.4, -0.2) is 24.1 Å². The molecule has 30 heavy (non-hydrogen) atoms. The van der Waals surface area contributed by atoms with Crippen molar-refractivity contribution in [3.8, 4) is 5.75 Å². The first-order chi connectivity index (χ1) is 14.4. The van der Waals surface area contributed by atoms with Crippen LogP contribution in [0.3, 0.4) is 0 Å². The van der Waals surface area contributed by atoms with Crippen molar-refractivity contribution in [3.05, 3.63) is 83.1 Å². The fourth-order valence-electron chi connectivity index (χ4n) is 3.63. The minimum absolute atomic E-state index is 0.127. The zero-order chi connectivity index (χ0) is 21.8. The van der Waals surface area contributed by atoms with Gasteiger partial charge in [0.25, 0.3) is 5.91 Å². The largest absolute Gasteiger partial charge is 0.507 e. The third-order valence-corrected chi connectivity index (χ3v) is 5.56. The molecule has 0 spiro atoms. The number of nitrogens with one attached hydrogen (secondary N) is 2. The number of hydrogen-bond acceptors (Lipinski definition) is 3. The number of phenols is 1. The summed E-state index contributed by atoms with van der Waals surface area (Å²) < 4.78 is 5.86. The summed E-state index contributed by atoms with van der Waals surface area (Å²) in [5.74, 6) is 0.308. The van der Waals surface area contributed by atoms with Crippen molar-refractivity contribution in [2.24, 2.45) is 0 Å². The van der Waals surface area contributed by atoms with Gasteiger partial charge in [-0.2, -0.15) is 0 Å². The molecule has 5 nitrogen and oxygen atoms in total. The number of benzene rings is 2. The third kappa shape index (κ3) is 4.27. The Kier molecular flexibility index (Phi) is 6.65. The predicted octanol–water partition coefficient (Wildman–Crippen LogP) is 4.42. The molecule has 1 aromatic heterocycles. The van der Waals surface area contributed by atoms with E-state index in [0.717, 1.165) is 10.5 Å². The van der Waals surface area contributed by atoms with Gasteiger partial charge in [0.15, 0.2) is 0 Å². The summed E-state index contributed by atoms with van der Waals surface area (Å²) in [7, 11) is 0. The summed E-state index contributed by atoms with van der Waals surface area (Å²) in [5, 5.41) is 14.8. The standard InChI is InChI=1S/C24H25ClN2O3/c1-5-12-27(13-6-2)14-17-20(28)10-11-21-23(17)22(16(4)30-21)24(29)26-19-9-7-8-18(25)15(19)3/h5-11,28H,1-2,12-14H2,3-4H3,(H,26,29)/p+1. The maximum absolute atomic E-state index is 13.2. The molecule has 3 aromatic rings. The van der Waals surface area contributed by atoms with Gasteiger partial charge in [-0.05, 0) is 55.8 Å². The summed E-state index contributed by atoms with van der Waals surface area (Å²) in [6.45, 7) is 13.1. The number of aryl methyl sites for hydroxylation is 1. The third-order valence-electron chi connectivity index (χ3n) is 5.15. The Hall–Kier alpha value is -3.02. The lowest BCUT2D eigenvalue weighted by Crippen LogP contribution is -3.10. The number of aromatic hydroxyl groups is 1. The van der Waals surface area contributed by atoms with Gasteiger partial charge >= 0.3 is 0 Å². The van der Waals surface area contributed by atoms with Crippen LogP contribution >= 0.6 is 11.6 Å². The number of halogens is 1. The lowest BCUT2D eigenvalue weighted by Gasteiger charge is -2.17. The molecular formula is C24H26ClN2O3+. The molecule has 2 aromatic carbocycles. The predicted molar refractivity (Wildman–Crippen MR) is 122 cm³/mol. The van der Waals surface area contributed by atoms with E-state index in [1.807, 2.05) is 19.1 Å². The van der Waals surface area contributed by atoms with Gasteiger partial charge in [-0.15, -0.1) is 0 Å². The average molecular weight is 426 g/mol. The molecule has 0 aliphatic rings. The molecule has 0 saturated carbocycles. The zero-order valence-electron chi connectivity index (χ0n) is 17.2. The molecule has 1 amide bonds. The fraction of sp³-hybridized carbons (Fsp3) is 0.208. The van der Waals surface area contributed by atoms with Crippen molar-refractivity contribution in [1.29, 1.82) is 0 Å². The summed E-state index contributed by atoms with van der Waals surface area (Å²) >= 11 is 6.19. The van der Waals surface area contributed by atoms with Crippen LogP contribution in [0.4, 0.5) is 5.69 Å². The topological polar surface area (TPSA) is 66.9 Å². The van der Waals surface area contributed by atoms with Crippen molar-refractivity contribution >= 4 is 34.2 Å². The fourth-order valence-corrected chi connectivity index (χ4v) is 3.81. The molecule has 0 atom stereocenters. The van der Waals surface area contributed by atoms with E-state index in [4.69, 9.17) is 16.0 Å². The van der Waals surface area contributed by atoms with Crippen LogP contribution in [0, 0.1) is 13.8 Å². The van der Waals surface area contributed by atoms with Gasteiger partial charge < -0.3 is 19.7 Å². The average Bonchev–Trinajstić information content (AvgIpc) is 3.04. The number of anilines is 1.